The van der Waals surface area contributed by atoms with Gasteiger partial charge in [0, 0.05) is 12.6 Å². The van der Waals surface area contributed by atoms with E-state index in [9.17, 15) is 4.79 Å². The van der Waals surface area contributed by atoms with Crippen LogP contribution in [0.1, 0.15) is 15.9 Å². The van der Waals surface area contributed by atoms with Crippen molar-refractivity contribution in [3.63, 3.8) is 0 Å². The van der Waals surface area contributed by atoms with Crippen molar-refractivity contribution in [1.29, 1.82) is 0 Å². The first-order valence-corrected chi connectivity index (χ1v) is 4.76. The Labute approximate surface area is 96.3 Å². The summed E-state index contributed by atoms with van der Waals surface area (Å²) in [6.07, 6.45) is 1.20. The van der Waals surface area contributed by atoms with Gasteiger partial charge in [-0.15, -0.1) is 5.10 Å². The predicted molar refractivity (Wildman–Crippen MR) is 59.2 cm³/mol. The summed E-state index contributed by atoms with van der Waals surface area (Å²) < 4.78 is 6.16. The van der Waals surface area contributed by atoms with Gasteiger partial charge in [0.05, 0.1) is 24.4 Å². The van der Waals surface area contributed by atoms with Crippen LogP contribution in [0.5, 0.6) is 0 Å². The van der Waals surface area contributed by atoms with Crippen LogP contribution in [-0.2, 0) is 11.8 Å². The number of fused-ring (bicyclic) bond motifs is 1. The number of hydrogen-bond donors (Lipinski definition) is 1. The van der Waals surface area contributed by atoms with Gasteiger partial charge in [-0.05, 0) is 12.1 Å². The average molecular weight is 234 g/mol. The van der Waals surface area contributed by atoms with Crippen molar-refractivity contribution in [3.05, 3.63) is 23.3 Å². The summed E-state index contributed by atoms with van der Waals surface area (Å²) in [7, 11) is 3.00. The first kappa shape index (κ1) is 11.1. The minimum absolute atomic E-state index is 0.348. The molecule has 0 saturated carbocycles. The molecule has 7 nitrogen and oxygen atoms in total. The third-order valence-corrected chi connectivity index (χ3v) is 2.36. The molecule has 0 spiro atoms. The SMILES string of the molecule is COC(=O)c1cc(/C=N/O)c2nnn(C)c2c1. The highest BCUT2D eigenvalue weighted by atomic mass is 16.5. The highest BCUT2D eigenvalue weighted by molar-refractivity contribution is 6.01. The number of hydrogen-bond acceptors (Lipinski definition) is 6. The van der Waals surface area contributed by atoms with E-state index in [-0.39, 0.29) is 0 Å². The van der Waals surface area contributed by atoms with Crippen LogP contribution < -0.4 is 0 Å². The highest BCUT2D eigenvalue weighted by Gasteiger charge is 2.13. The molecule has 17 heavy (non-hydrogen) atoms. The number of ether oxygens (including phenoxy) is 1. The van der Waals surface area contributed by atoms with E-state index in [4.69, 9.17) is 5.21 Å². The Morgan fingerprint density at radius 3 is 3.00 bits per heavy atom. The van der Waals surface area contributed by atoms with Gasteiger partial charge < -0.3 is 9.94 Å². The quantitative estimate of drug-likeness (QED) is 0.355. The molecule has 0 radical (unpaired) electrons. The Hall–Kier alpha value is -2.44. The summed E-state index contributed by atoms with van der Waals surface area (Å²) in [6, 6.07) is 3.15. The predicted octanol–water partition coefficient (Wildman–Crippen LogP) is 0.563. The lowest BCUT2D eigenvalue weighted by Gasteiger charge is -2.02. The molecule has 1 aromatic heterocycles. The fourth-order valence-corrected chi connectivity index (χ4v) is 1.55. The summed E-state index contributed by atoms with van der Waals surface area (Å²) in [5.74, 6) is -0.472. The van der Waals surface area contributed by atoms with Gasteiger partial charge in [0.25, 0.3) is 0 Å². The number of carbonyl (C=O) groups excluding carboxylic acids is 1. The molecule has 0 aliphatic heterocycles. The van der Waals surface area contributed by atoms with E-state index < -0.39 is 5.97 Å². The number of aromatic nitrogens is 3. The van der Waals surface area contributed by atoms with Crippen LogP contribution >= 0.6 is 0 Å². The second kappa shape index (κ2) is 4.20. The van der Waals surface area contributed by atoms with E-state index in [0.29, 0.717) is 22.2 Å². The van der Waals surface area contributed by atoms with Crippen LogP contribution in [0.25, 0.3) is 11.0 Å². The van der Waals surface area contributed by atoms with Crippen molar-refractivity contribution in [2.45, 2.75) is 0 Å². The molecule has 88 valence electrons. The smallest absolute Gasteiger partial charge is 0.337 e. The monoisotopic (exact) mass is 234 g/mol. The van der Waals surface area contributed by atoms with Crippen molar-refractivity contribution in [2.75, 3.05) is 7.11 Å². The van der Waals surface area contributed by atoms with E-state index in [1.807, 2.05) is 0 Å². The Bertz CT molecular complexity index is 603. The summed E-state index contributed by atoms with van der Waals surface area (Å²) in [5.41, 5.74) is 2.06. The Balaban J connectivity index is 2.73. The molecule has 1 aromatic carbocycles. The molecular formula is C10H10N4O3. The van der Waals surface area contributed by atoms with Crippen LogP contribution in [0.2, 0.25) is 0 Å². The van der Waals surface area contributed by atoms with Gasteiger partial charge in [-0.3, -0.25) is 0 Å². The summed E-state index contributed by atoms with van der Waals surface area (Å²) >= 11 is 0. The third kappa shape index (κ3) is 1.82. The molecule has 0 unspecified atom stereocenters. The van der Waals surface area contributed by atoms with E-state index in [1.165, 1.54) is 24.1 Å². The number of esters is 1. The molecule has 0 aliphatic rings. The fourth-order valence-electron chi connectivity index (χ4n) is 1.55. The maximum atomic E-state index is 11.5. The van der Waals surface area contributed by atoms with Crippen molar-refractivity contribution < 1.29 is 14.7 Å². The number of methoxy groups -OCH3 is 1. The van der Waals surface area contributed by atoms with Crippen LogP contribution in [-0.4, -0.2) is 39.5 Å². The minimum atomic E-state index is -0.472. The maximum absolute atomic E-state index is 11.5. The fraction of sp³-hybridized carbons (Fsp3) is 0.200. The van der Waals surface area contributed by atoms with E-state index in [2.05, 4.69) is 20.2 Å². The maximum Gasteiger partial charge on any atom is 0.337 e. The molecule has 2 aromatic rings. The van der Waals surface area contributed by atoms with Gasteiger partial charge in [0.1, 0.15) is 5.52 Å². The average Bonchev–Trinajstić information content (AvgIpc) is 2.71. The lowest BCUT2D eigenvalue weighted by molar-refractivity contribution is 0.0601. The molecule has 7 heteroatoms. The summed E-state index contributed by atoms with van der Waals surface area (Å²) in [6.45, 7) is 0. The van der Waals surface area contributed by atoms with Crippen molar-refractivity contribution in [2.24, 2.45) is 12.2 Å². The minimum Gasteiger partial charge on any atom is -0.465 e. The van der Waals surface area contributed by atoms with E-state index >= 15 is 0 Å². The molecule has 1 N–H and O–H groups in total. The third-order valence-electron chi connectivity index (χ3n) is 2.36. The molecule has 0 aliphatic carbocycles. The molecule has 0 atom stereocenters. The first-order valence-electron chi connectivity index (χ1n) is 4.76. The Kier molecular flexibility index (Phi) is 2.73. The Morgan fingerprint density at radius 1 is 1.59 bits per heavy atom. The number of oxime groups is 1. The van der Waals surface area contributed by atoms with Gasteiger partial charge in [0.15, 0.2) is 0 Å². The number of carbonyl (C=O) groups is 1. The number of rotatable bonds is 2. The van der Waals surface area contributed by atoms with Gasteiger partial charge in [-0.25, -0.2) is 9.48 Å². The Morgan fingerprint density at radius 2 is 2.35 bits per heavy atom. The molecule has 1 heterocycles. The normalized spacial score (nSPS) is 11.2. The van der Waals surface area contributed by atoms with E-state index in [1.54, 1.807) is 13.1 Å². The molecule has 0 fully saturated rings. The van der Waals surface area contributed by atoms with Crippen molar-refractivity contribution in [3.8, 4) is 0 Å². The molecule has 2 rings (SSSR count). The van der Waals surface area contributed by atoms with Crippen molar-refractivity contribution in [1.82, 2.24) is 15.0 Å². The van der Waals surface area contributed by atoms with Gasteiger partial charge >= 0.3 is 5.97 Å². The van der Waals surface area contributed by atoms with Crippen LogP contribution in [0.15, 0.2) is 17.3 Å². The zero-order valence-corrected chi connectivity index (χ0v) is 9.28. The lowest BCUT2D eigenvalue weighted by atomic mass is 10.1. The topological polar surface area (TPSA) is 89.6 Å². The van der Waals surface area contributed by atoms with Crippen LogP contribution in [0, 0.1) is 0 Å². The highest BCUT2D eigenvalue weighted by Crippen LogP contribution is 2.17. The van der Waals surface area contributed by atoms with E-state index in [0.717, 1.165) is 0 Å². The second-order valence-electron chi connectivity index (χ2n) is 3.38. The first-order chi connectivity index (χ1) is 8.17. The zero-order valence-electron chi connectivity index (χ0n) is 9.28. The van der Waals surface area contributed by atoms with Crippen LogP contribution in [0.3, 0.4) is 0 Å². The number of nitrogens with zero attached hydrogens (tertiary/aromatic N) is 4. The summed E-state index contributed by atoms with van der Waals surface area (Å²) in [4.78, 5) is 11.5. The molecule has 0 bridgehead atoms. The second-order valence-corrected chi connectivity index (χ2v) is 3.38. The van der Waals surface area contributed by atoms with Crippen molar-refractivity contribution >= 4 is 23.2 Å². The van der Waals surface area contributed by atoms with Gasteiger partial charge in [-0.1, -0.05) is 10.4 Å². The van der Waals surface area contributed by atoms with Gasteiger partial charge in [0.2, 0.25) is 0 Å². The number of benzene rings is 1. The largest absolute Gasteiger partial charge is 0.465 e. The summed E-state index contributed by atoms with van der Waals surface area (Å²) in [5, 5.41) is 19.3. The molecular weight excluding hydrogens is 224 g/mol. The van der Waals surface area contributed by atoms with Crippen LogP contribution in [0.4, 0.5) is 0 Å². The van der Waals surface area contributed by atoms with Gasteiger partial charge in [-0.2, -0.15) is 0 Å². The lowest BCUT2D eigenvalue weighted by Crippen LogP contribution is -2.03. The molecule has 0 saturated heterocycles. The molecule has 0 amide bonds. The number of aryl methyl sites for hydroxylation is 1. The standard InChI is InChI=1S/C10H10N4O3/c1-14-8-4-6(10(15)17-2)3-7(5-11-16)9(8)12-13-14/h3-5,16H,1-2H3/b11-5+. The zero-order chi connectivity index (χ0) is 12.4.